The van der Waals surface area contributed by atoms with Crippen LogP contribution < -0.4 is 5.32 Å². The SMILES string of the molecule is CCC(C#N)C(=O)NCCSC(F)(F)F. The van der Waals surface area contributed by atoms with Gasteiger partial charge in [0, 0.05) is 12.3 Å². The number of alkyl halides is 3. The molecule has 0 radical (unpaired) electrons. The van der Waals surface area contributed by atoms with Crippen LogP contribution in [0.15, 0.2) is 0 Å². The van der Waals surface area contributed by atoms with Crippen LogP contribution in [0, 0.1) is 17.2 Å². The summed E-state index contributed by atoms with van der Waals surface area (Å²) < 4.78 is 35.0. The van der Waals surface area contributed by atoms with Gasteiger partial charge in [-0.25, -0.2) is 0 Å². The number of rotatable bonds is 5. The van der Waals surface area contributed by atoms with E-state index < -0.39 is 17.3 Å². The molecule has 0 spiro atoms. The van der Waals surface area contributed by atoms with Crippen LogP contribution in [-0.4, -0.2) is 23.7 Å². The van der Waals surface area contributed by atoms with Crippen LogP contribution in [0.25, 0.3) is 0 Å². The Hall–Kier alpha value is -0.900. The molecular weight excluding hydrogens is 229 g/mol. The number of nitrogens with one attached hydrogen (secondary N) is 1. The third kappa shape index (κ3) is 7.08. The second-order valence-corrected chi connectivity index (χ2v) is 3.83. The van der Waals surface area contributed by atoms with Gasteiger partial charge in [-0.2, -0.15) is 18.4 Å². The number of thioether (sulfide) groups is 1. The Morgan fingerprint density at radius 1 is 1.60 bits per heavy atom. The van der Waals surface area contributed by atoms with Crippen molar-refractivity contribution in [3.8, 4) is 6.07 Å². The van der Waals surface area contributed by atoms with Crippen LogP contribution in [0.4, 0.5) is 13.2 Å². The van der Waals surface area contributed by atoms with Gasteiger partial charge in [-0.1, -0.05) is 6.92 Å². The van der Waals surface area contributed by atoms with E-state index in [1.54, 1.807) is 13.0 Å². The number of nitrogens with zero attached hydrogens (tertiary/aromatic N) is 1. The van der Waals surface area contributed by atoms with Gasteiger partial charge in [-0.05, 0) is 18.2 Å². The minimum absolute atomic E-state index is 0.0822. The van der Waals surface area contributed by atoms with E-state index in [9.17, 15) is 18.0 Å². The number of halogens is 3. The van der Waals surface area contributed by atoms with E-state index in [0.717, 1.165) is 0 Å². The fourth-order valence-corrected chi connectivity index (χ4v) is 1.24. The van der Waals surface area contributed by atoms with Gasteiger partial charge in [-0.15, -0.1) is 0 Å². The molecule has 1 unspecified atom stereocenters. The zero-order chi connectivity index (χ0) is 11.9. The van der Waals surface area contributed by atoms with Gasteiger partial charge < -0.3 is 5.32 Å². The Morgan fingerprint density at radius 3 is 2.60 bits per heavy atom. The van der Waals surface area contributed by atoms with Gasteiger partial charge in [0.25, 0.3) is 0 Å². The lowest BCUT2D eigenvalue weighted by Crippen LogP contribution is -2.31. The molecule has 0 saturated carbocycles. The summed E-state index contributed by atoms with van der Waals surface area (Å²) in [6.07, 6.45) is 0.356. The zero-order valence-electron chi connectivity index (χ0n) is 8.10. The van der Waals surface area contributed by atoms with E-state index in [1.165, 1.54) is 0 Å². The standard InChI is InChI=1S/C8H11F3N2OS/c1-2-6(5-12)7(14)13-3-4-15-8(9,10)11/h6H,2-4H2,1H3,(H,13,14). The summed E-state index contributed by atoms with van der Waals surface area (Å²) in [5.41, 5.74) is -4.27. The van der Waals surface area contributed by atoms with E-state index in [1.807, 2.05) is 0 Å². The average molecular weight is 240 g/mol. The number of carbonyl (C=O) groups excluding carboxylic acids is 1. The number of amides is 1. The molecule has 0 aromatic heterocycles. The molecule has 3 nitrogen and oxygen atoms in total. The van der Waals surface area contributed by atoms with Crippen LogP contribution in [0.5, 0.6) is 0 Å². The molecule has 7 heteroatoms. The highest BCUT2D eigenvalue weighted by Crippen LogP contribution is 2.29. The highest BCUT2D eigenvalue weighted by atomic mass is 32.2. The molecule has 0 aliphatic heterocycles. The Balaban J connectivity index is 3.70. The Bertz CT molecular complexity index is 249. The number of nitriles is 1. The predicted molar refractivity (Wildman–Crippen MR) is 50.9 cm³/mol. The van der Waals surface area contributed by atoms with Crippen LogP contribution in [0.1, 0.15) is 13.3 Å². The molecule has 1 N–H and O–H groups in total. The smallest absolute Gasteiger partial charge is 0.354 e. The van der Waals surface area contributed by atoms with Crippen molar-refractivity contribution in [1.29, 1.82) is 5.26 Å². The Morgan fingerprint density at radius 2 is 2.20 bits per heavy atom. The van der Waals surface area contributed by atoms with Crippen LogP contribution in [-0.2, 0) is 4.79 Å². The number of hydrogen-bond donors (Lipinski definition) is 1. The van der Waals surface area contributed by atoms with Crippen molar-refractivity contribution in [3.63, 3.8) is 0 Å². The minimum Gasteiger partial charge on any atom is -0.354 e. The summed E-state index contributed by atoms with van der Waals surface area (Å²) in [5, 5.41) is 10.8. The van der Waals surface area contributed by atoms with E-state index >= 15 is 0 Å². The molecule has 0 aromatic rings. The van der Waals surface area contributed by atoms with Crippen molar-refractivity contribution >= 4 is 17.7 Å². The van der Waals surface area contributed by atoms with Crippen molar-refractivity contribution in [2.45, 2.75) is 18.9 Å². The third-order valence-electron chi connectivity index (χ3n) is 1.55. The lowest BCUT2D eigenvalue weighted by molar-refractivity contribution is -0.123. The maximum Gasteiger partial charge on any atom is 0.441 e. The normalized spacial score (nSPS) is 13.0. The summed E-state index contributed by atoms with van der Waals surface area (Å²) in [7, 11) is 0. The molecule has 0 fully saturated rings. The third-order valence-corrected chi connectivity index (χ3v) is 2.28. The summed E-state index contributed by atoms with van der Waals surface area (Å²) in [6.45, 7) is 1.58. The fraction of sp³-hybridized carbons (Fsp3) is 0.750. The molecule has 86 valence electrons. The molecule has 0 heterocycles. The van der Waals surface area contributed by atoms with Crippen molar-refractivity contribution in [2.24, 2.45) is 5.92 Å². The highest BCUT2D eigenvalue weighted by molar-refractivity contribution is 8.00. The second-order valence-electron chi connectivity index (χ2n) is 2.68. The number of hydrogen-bond acceptors (Lipinski definition) is 3. The van der Waals surface area contributed by atoms with E-state index in [0.29, 0.717) is 6.42 Å². The molecule has 0 bridgehead atoms. The van der Waals surface area contributed by atoms with Gasteiger partial charge in [0.05, 0.1) is 6.07 Å². The maximum absolute atomic E-state index is 11.7. The molecule has 0 aromatic carbocycles. The first-order chi connectivity index (χ1) is 6.90. The first-order valence-electron chi connectivity index (χ1n) is 4.28. The van der Waals surface area contributed by atoms with Crippen molar-refractivity contribution in [2.75, 3.05) is 12.3 Å². The second kappa shape index (κ2) is 6.56. The van der Waals surface area contributed by atoms with Crippen LogP contribution in [0.2, 0.25) is 0 Å². The van der Waals surface area contributed by atoms with Crippen molar-refractivity contribution in [1.82, 2.24) is 5.32 Å². The van der Waals surface area contributed by atoms with E-state index in [-0.39, 0.29) is 24.1 Å². The average Bonchev–Trinajstić information content (AvgIpc) is 2.13. The van der Waals surface area contributed by atoms with Crippen LogP contribution >= 0.6 is 11.8 Å². The molecule has 0 saturated heterocycles. The minimum atomic E-state index is -4.27. The Kier molecular flexibility index (Phi) is 6.17. The van der Waals surface area contributed by atoms with Gasteiger partial charge >= 0.3 is 5.51 Å². The van der Waals surface area contributed by atoms with E-state index in [2.05, 4.69) is 5.32 Å². The van der Waals surface area contributed by atoms with Gasteiger partial charge in [0.15, 0.2) is 0 Å². The zero-order valence-corrected chi connectivity index (χ0v) is 8.91. The lowest BCUT2D eigenvalue weighted by Gasteiger charge is -2.08. The van der Waals surface area contributed by atoms with E-state index in [4.69, 9.17) is 5.26 Å². The molecule has 15 heavy (non-hydrogen) atoms. The molecule has 0 aliphatic rings. The molecule has 0 rings (SSSR count). The topological polar surface area (TPSA) is 52.9 Å². The quantitative estimate of drug-likeness (QED) is 0.747. The maximum atomic E-state index is 11.7. The monoisotopic (exact) mass is 240 g/mol. The summed E-state index contributed by atoms with van der Waals surface area (Å²) in [4.78, 5) is 11.1. The fourth-order valence-electron chi connectivity index (χ4n) is 0.799. The molecule has 0 aliphatic carbocycles. The van der Waals surface area contributed by atoms with Gasteiger partial charge in [0.1, 0.15) is 5.92 Å². The number of carbonyl (C=O) groups is 1. The lowest BCUT2D eigenvalue weighted by atomic mass is 10.1. The van der Waals surface area contributed by atoms with Crippen LogP contribution in [0.3, 0.4) is 0 Å². The molecule has 1 amide bonds. The van der Waals surface area contributed by atoms with Gasteiger partial charge in [0.2, 0.25) is 5.91 Å². The first kappa shape index (κ1) is 14.1. The largest absolute Gasteiger partial charge is 0.441 e. The van der Waals surface area contributed by atoms with Gasteiger partial charge in [-0.3, -0.25) is 4.79 Å². The van der Waals surface area contributed by atoms with Crippen molar-refractivity contribution < 1.29 is 18.0 Å². The first-order valence-corrected chi connectivity index (χ1v) is 5.27. The summed E-state index contributed by atoms with van der Waals surface area (Å²) in [6, 6.07) is 1.77. The summed E-state index contributed by atoms with van der Waals surface area (Å²) in [5.74, 6) is -1.53. The highest BCUT2D eigenvalue weighted by Gasteiger charge is 2.27. The molecule has 1 atom stereocenters. The van der Waals surface area contributed by atoms with Crippen molar-refractivity contribution in [3.05, 3.63) is 0 Å². The summed E-state index contributed by atoms with van der Waals surface area (Å²) >= 11 is -0.195. The Labute approximate surface area is 90.0 Å². The molecular formula is C8H11F3N2OS. The predicted octanol–water partition coefficient (Wildman–Crippen LogP) is 1.91.